The highest BCUT2D eigenvalue weighted by atomic mass is 35.5. The normalized spacial score (nSPS) is 25.3. The van der Waals surface area contributed by atoms with Crippen molar-refractivity contribution in [2.45, 2.75) is 50.2 Å². The van der Waals surface area contributed by atoms with Crippen molar-refractivity contribution >= 4 is 27.5 Å². The lowest BCUT2D eigenvalue weighted by molar-refractivity contribution is -0.0586. The molecular weight excluding hydrogens is 376 g/mol. The number of hydrogen-bond acceptors (Lipinski definition) is 4. The molecular formula is C18H25ClN2O4S. The molecule has 2 fully saturated rings. The Morgan fingerprint density at radius 3 is 2.35 bits per heavy atom. The maximum Gasteiger partial charge on any atom is 0.255 e. The maximum atomic E-state index is 12.9. The first-order valence-corrected chi connectivity index (χ1v) is 10.9. The summed E-state index contributed by atoms with van der Waals surface area (Å²) in [4.78, 5) is 14.7. The number of carbonyl (C=O) groups excluding carboxylic acids is 1. The van der Waals surface area contributed by atoms with Gasteiger partial charge in [-0.1, -0.05) is 18.0 Å². The zero-order valence-corrected chi connectivity index (χ0v) is 16.7. The number of morpholine rings is 1. The van der Waals surface area contributed by atoms with Crippen molar-refractivity contribution in [2.75, 3.05) is 26.2 Å². The molecule has 2 aliphatic rings. The van der Waals surface area contributed by atoms with Crippen LogP contribution in [0.2, 0.25) is 5.02 Å². The van der Waals surface area contributed by atoms with Gasteiger partial charge in [0.1, 0.15) is 0 Å². The fraction of sp³-hybridized carbons (Fsp3) is 0.611. The van der Waals surface area contributed by atoms with Gasteiger partial charge < -0.3 is 9.64 Å². The molecule has 1 amide bonds. The predicted octanol–water partition coefficient (Wildman–Crippen LogP) is 2.76. The number of hydrogen-bond donors (Lipinski definition) is 0. The second-order valence-corrected chi connectivity index (χ2v) is 9.42. The Bertz CT molecular complexity index is 767. The Labute approximate surface area is 160 Å². The van der Waals surface area contributed by atoms with Gasteiger partial charge in [0.2, 0.25) is 10.0 Å². The van der Waals surface area contributed by atoms with Gasteiger partial charge in [0.15, 0.2) is 0 Å². The average molecular weight is 401 g/mol. The van der Waals surface area contributed by atoms with Crippen molar-refractivity contribution in [1.82, 2.24) is 9.21 Å². The molecule has 1 aromatic carbocycles. The number of rotatable bonds is 3. The quantitative estimate of drug-likeness (QED) is 0.782. The molecule has 0 N–H and O–H groups in total. The van der Waals surface area contributed by atoms with Crippen LogP contribution < -0.4 is 0 Å². The lowest BCUT2D eigenvalue weighted by atomic mass is 10.1. The van der Waals surface area contributed by atoms with E-state index >= 15 is 0 Å². The monoisotopic (exact) mass is 400 g/mol. The van der Waals surface area contributed by atoms with Gasteiger partial charge in [-0.25, -0.2) is 8.42 Å². The fourth-order valence-electron chi connectivity index (χ4n) is 3.60. The van der Waals surface area contributed by atoms with E-state index in [4.69, 9.17) is 16.3 Å². The van der Waals surface area contributed by atoms with Crippen LogP contribution in [0.3, 0.4) is 0 Å². The van der Waals surface area contributed by atoms with Crippen LogP contribution in [0, 0.1) is 0 Å². The molecule has 1 aromatic rings. The van der Waals surface area contributed by atoms with Crippen molar-refractivity contribution in [3.63, 3.8) is 0 Å². The highest BCUT2D eigenvalue weighted by molar-refractivity contribution is 7.89. The minimum atomic E-state index is -3.61. The summed E-state index contributed by atoms with van der Waals surface area (Å²) in [5, 5.41) is 0.263. The van der Waals surface area contributed by atoms with Gasteiger partial charge in [-0.15, -0.1) is 0 Å². The standard InChI is InChI=1S/C18H25ClN2O4S/c1-13-11-20(12-14(2)25-13)18(22)16-10-15(6-7-17(16)19)26(23,24)21-8-4-3-5-9-21/h6-7,10,13-14H,3-5,8-9,11-12H2,1-2H3/t13-,14-/m0/s1. The molecule has 2 heterocycles. The summed E-state index contributed by atoms with van der Waals surface area (Å²) >= 11 is 6.23. The fourth-order valence-corrected chi connectivity index (χ4v) is 5.34. The van der Waals surface area contributed by atoms with E-state index in [9.17, 15) is 13.2 Å². The van der Waals surface area contributed by atoms with E-state index in [1.807, 2.05) is 13.8 Å². The zero-order valence-electron chi connectivity index (χ0n) is 15.2. The minimum absolute atomic E-state index is 0.0678. The van der Waals surface area contributed by atoms with Crippen molar-refractivity contribution in [3.05, 3.63) is 28.8 Å². The molecule has 2 aliphatic heterocycles. The van der Waals surface area contributed by atoms with E-state index in [-0.39, 0.29) is 33.6 Å². The number of nitrogens with zero attached hydrogens (tertiary/aromatic N) is 2. The second kappa shape index (κ2) is 7.84. The Kier molecular flexibility index (Phi) is 5.91. The summed E-state index contributed by atoms with van der Waals surface area (Å²) in [5.74, 6) is -0.257. The number of halogens is 1. The van der Waals surface area contributed by atoms with Crippen LogP contribution >= 0.6 is 11.6 Å². The van der Waals surface area contributed by atoms with E-state index in [0.29, 0.717) is 26.2 Å². The van der Waals surface area contributed by atoms with Gasteiger partial charge in [-0.3, -0.25) is 4.79 Å². The number of carbonyl (C=O) groups is 1. The summed E-state index contributed by atoms with van der Waals surface area (Å²) in [5.41, 5.74) is 0.228. The minimum Gasteiger partial charge on any atom is -0.372 e. The lowest BCUT2D eigenvalue weighted by Gasteiger charge is -2.35. The third-order valence-electron chi connectivity index (χ3n) is 4.83. The van der Waals surface area contributed by atoms with E-state index in [0.717, 1.165) is 19.3 Å². The zero-order chi connectivity index (χ0) is 18.9. The number of amides is 1. The van der Waals surface area contributed by atoms with Crippen molar-refractivity contribution < 1.29 is 17.9 Å². The lowest BCUT2D eigenvalue weighted by Crippen LogP contribution is -2.48. The number of benzene rings is 1. The Morgan fingerprint density at radius 2 is 1.73 bits per heavy atom. The number of sulfonamides is 1. The van der Waals surface area contributed by atoms with Crippen LogP contribution in [-0.4, -0.2) is 61.9 Å². The number of piperidine rings is 1. The molecule has 0 radical (unpaired) electrons. The molecule has 0 unspecified atom stereocenters. The number of ether oxygens (including phenoxy) is 1. The Morgan fingerprint density at radius 1 is 1.12 bits per heavy atom. The van der Waals surface area contributed by atoms with E-state index in [2.05, 4.69) is 0 Å². The highest BCUT2D eigenvalue weighted by Gasteiger charge is 2.30. The molecule has 6 nitrogen and oxygen atoms in total. The van der Waals surface area contributed by atoms with Crippen LogP contribution in [0.5, 0.6) is 0 Å². The van der Waals surface area contributed by atoms with Gasteiger partial charge in [-0.2, -0.15) is 4.31 Å². The molecule has 0 aromatic heterocycles. The Balaban J connectivity index is 1.89. The summed E-state index contributed by atoms with van der Waals surface area (Å²) in [7, 11) is -3.61. The first-order valence-electron chi connectivity index (χ1n) is 9.03. The molecule has 2 saturated heterocycles. The van der Waals surface area contributed by atoms with Crippen LogP contribution in [0.25, 0.3) is 0 Å². The van der Waals surface area contributed by atoms with Gasteiger partial charge in [0.05, 0.1) is 27.7 Å². The molecule has 0 aliphatic carbocycles. The predicted molar refractivity (Wildman–Crippen MR) is 100.0 cm³/mol. The molecule has 2 atom stereocenters. The largest absolute Gasteiger partial charge is 0.372 e. The van der Waals surface area contributed by atoms with E-state index < -0.39 is 10.0 Å². The third-order valence-corrected chi connectivity index (χ3v) is 7.05. The first kappa shape index (κ1) is 19.6. The van der Waals surface area contributed by atoms with Gasteiger partial charge in [-0.05, 0) is 44.9 Å². The van der Waals surface area contributed by atoms with Crippen molar-refractivity contribution in [2.24, 2.45) is 0 Å². The molecule has 0 bridgehead atoms. The smallest absolute Gasteiger partial charge is 0.255 e. The van der Waals surface area contributed by atoms with E-state index in [1.165, 1.54) is 22.5 Å². The van der Waals surface area contributed by atoms with Crippen LogP contribution in [0.1, 0.15) is 43.5 Å². The maximum absolute atomic E-state index is 12.9. The molecule has 0 spiro atoms. The molecule has 26 heavy (non-hydrogen) atoms. The van der Waals surface area contributed by atoms with Crippen LogP contribution in [0.15, 0.2) is 23.1 Å². The average Bonchev–Trinajstić information content (AvgIpc) is 2.61. The van der Waals surface area contributed by atoms with Gasteiger partial charge in [0.25, 0.3) is 5.91 Å². The van der Waals surface area contributed by atoms with E-state index in [1.54, 1.807) is 4.90 Å². The SMILES string of the molecule is C[C@H]1CN(C(=O)c2cc(S(=O)(=O)N3CCCCC3)ccc2Cl)C[C@H](C)O1. The second-order valence-electron chi connectivity index (χ2n) is 7.07. The molecule has 8 heteroatoms. The summed E-state index contributed by atoms with van der Waals surface area (Å²) < 4.78 is 32.9. The molecule has 144 valence electrons. The summed E-state index contributed by atoms with van der Waals surface area (Å²) in [6.07, 6.45) is 2.64. The third kappa shape index (κ3) is 4.06. The Hall–Kier alpha value is -1.15. The van der Waals surface area contributed by atoms with Crippen molar-refractivity contribution in [1.29, 1.82) is 0 Å². The first-order chi connectivity index (χ1) is 12.3. The van der Waals surface area contributed by atoms with Crippen LogP contribution in [0.4, 0.5) is 0 Å². The molecule has 0 saturated carbocycles. The van der Waals surface area contributed by atoms with Gasteiger partial charge in [0, 0.05) is 26.2 Å². The topological polar surface area (TPSA) is 66.9 Å². The van der Waals surface area contributed by atoms with Crippen molar-refractivity contribution in [3.8, 4) is 0 Å². The molecule has 3 rings (SSSR count). The highest BCUT2D eigenvalue weighted by Crippen LogP contribution is 2.27. The van der Waals surface area contributed by atoms with Crippen LogP contribution in [-0.2, 0) is 14.8 Å². The summed E-state index contributed by atoms with van der Waals surface area (Å²) in [6.45, 7) is 5.79. The summed E-state index contributed by atoms with van der Waals surface area (Å²) in [6, 6.07) is 4.39. The van der Waals surface area contributed by atoms with Gasteiger partial charge >= 0.3 is 0 Å².